The zero-order valence-electron chi connectivity index (χ0n) is 16.0. The Bertz CT molecular complexity index is 1040. The monoisotopic (exact) mass is 400 g/mol. The van der Waals surface area contributed by atoms with Crippen molar-refractivity contribution in [1.82, 2.24) is 9.97 Å². The van der Waals surface area contributed by atoms with Crippen LogP contribution >= 0.6 is 11.6 Å². The van der Waals surface area contributed by atoms with Gasteiger partial charge >= 0.3 is 0 Å². The standard InChI is InChI=1S/C20H21ClN4O3/c1-12-4-5-14(21)10-15(12)24(3)20(26)16-13(2)28-19-17(16)18(22-11-23-19)25-6-8-27-9-7-25/h4-5,10-11H,6-9H2,1-3H3. The molecule has 146 valence electrons. The summed E-state index contributed by atoms with van der Waals surface area (Å²) in [4.78, 5) is 25.9. The van der Waals surface area contributed by atoms with Crippen LogP contribution in [0.1, 0.15) is 21.7 Å². The van der Waals surface area contributed by atoms with Gasteiger partial charge in [0.15, 0.2) is 0 Å². The van der Waals surface area contributed by atoms with Gasteiger partial charge in [-0.05, 0) is 31.5 Å². The zero-order valence-corrected chi connectivity index (χ0v) is 16.8. The normalized spacial score (nSPS) is 14.5. The summed E-state index contributed by atoms with van der Waals surface area (Å²) in [5, 5.41) is 1.21. The molecule has 0 bridgehead atoms. The fourth-order valence-electron chi connectivity index (χ4n) is 3.52. The second kappa shape index (κ2) is 7.41. The number of hydrogen-bond acceptors (Lipinski definition) is 6. The number of halogens is 1. The third kappa shape index (κ3) is 3.21. The number of furan rings is 1. The Hall–Kier alpha value is -2.64. The van der Waals surface area contributed by atoms with Crippen molar-refractivity contribution in [3.05, 3.63) is 46.4 Å². The molecule has 2 aromatic heterocycles. The summed E-state index contributed by atoms with van der Waals surface area (Å²) in [6.07, 6.45) is 1.47. The molecule has 1 fully saturated rings. The van der Waals surface area contributed by atoms with Crippen molar-refractivity contribution < 1.29 is 13.9 Å². The summed E-state index contributed by atoms with van der Waals surface area (Å²) in [6.45, 7) is 6.36. The fourth-order valence-corrected chi connectivity index (χ4v) is 3.69. The van der Waals surface area contributed by atoms with E-state index >= 15 is 0 Å². The van der Waals surface area contributed by atoms with Crippen LogP contribution in [0.25, 0.3) is 11.1 Å². The van der Waals surface area contributed by atoms with Crippen molar-refractivity contribution in [3.8, 4) is 0 Å². The van der Waals surface area contributed by atoms with E-state index in [0.717, 1.165) is 11.3 Å². The quantitative estimate of drug-likeness (QED) is 0.668. The van der Waals surface area contributed by atoms with Crippen LogP contribution in [0.4, 0.5) is 11.5 Å². The molecule has 7 nitrogen and oxygen atoms in total. The largest absolute Gasteiger partial charge is 0.442 e. The van der Waals surface area contributed by atoms with Crippen LogP contribution in [-0.4, -0.2) is 49.2 Å². The van der Waals surface area contributed by atoms with Crippen molar-refractivity contribution in [1.29, 1.82) is 0 Å². The SMILES string of the molecule is Cc1ccc(Cl)cc1N(C)C(=O)c1c(C)oc2ncnc(N3CCOCC3)c12. The van der Waals surface area contributed by atoms with Crippen LogP contribution in [0, 0.1) is 13.8 Å². The maximum Gasteiger partial charge on any atom is 0.262 e. The maximum atomic E-state index is 13.5. The Labute approximate surface area is 167 Å². The summed E-state index contributed by atoms with van der Waals surface area (Å²) >= 11 is 6.15. The average Bonchev–Trinajstić information content (AvgIpc) is 3.05. The van der Waals surface area contributed by atoms with E-state index < -0.39 is 0 Å². The lowest BCUT2D eigenvalue weighted by molar-refractivity contribution is 0.0992. The van der Waals surface area contributed by atoms with Gasteiger partial charge in [-0.2, -0.15) is 0 Å². The molecule has 1 aromatic carbocycles. The lowest BCUT2D eigenvalue weighted by Gasteiger charge is -2.28. The van der Waals surface area contributed by atoms with Crippen LogP contribution in [0.3, 0.4) is 0 Å². The first kappa shape index (κ1) is 18.7. The Kier molecular flexibility index (Phi) is 4.95. The van der Waals surface area contributed by atoms with Crippen LogP contribution in [0.5, 0.6) is 0 Å². The van der Waals surface area contributed by atoms with Crippen molar-refractivity contribution in [2.24, 2.45) is 0 Å². The number of aryl methyl sites for hydroxylation is 2. The predicted molar refractivity (Wildman–Crippen MR) is 108 cm³/mol. The highest BCUT2D eigenvalue weighted by molar-refractivity contribution is 6.31. The Morgan fingerprint density at radius 3 is 2.71 bits per heavy atom. The van der Waals surface area contributed by atoms with E-state index in [1.165, 1.54) is 6.33 Å². The highest BCUT2D eigenvalue weighted by Crippen LogP contribution is 2.34. The van der Waals surface area contributed by atoms with Crippen molar-refractivity contribution in [3.63, 3.8) is 0 Å². The van der Waals surface area contributed by atoms with E-state index in [4.69, 9.17) is 20.8 Å². The molecular weight excluding hydrogens is 380 g/mol. The molecule has 1 aliphatic heterocycles. The van der Waals surface area contributed by atoms with Crippen molar-refractivity contribution in [2.45, 2.75) is 13.8 Å². The first-order valence-electron chi connectivity index (χ1n) is 9.08. The molecule has 0 N–H and O–H groups in total. The number of fused-ring (bicyclic) bond motifs is 1. The molecule has 0 spiro atoms. The Morgan fingerprint density at radius 1 is 1.21 bits per heavy atom. The lowest BCUT2D eigenvalue weighted by Crippen LogP contribution is -2.37. The van der Waals surface area contributed by atoms with Gasteiger partial charge in [0, 0.05) is 30.8 Å². The summed E-state index contributed by atoms with van der Waals surface area (Å²) in [5.41, 5.74) is 2.58. The molecule has 1 saturated heterocycles. The highest BCUT2D eigenvalue weighted by Gasteiger charge is 2.28. The molecule has 0 unspecified atom stereocenters. The topological polar surface area (TPSA) is 71.7 Å². The molecule has 0 saturated carbocycles. The summed E-state index contributed by atoms with van der Waals surface area (Å²) in [6, 6.07) is 5.48. The van der Waals surface area contributed by atoms with E-state index in [2.05, 4.69) is 14.9 Å². The van der Waals surface area contributed by atoms with E-state index in [-0.39, 0.29) is 5.91 Å². The van der Waals surface area contributed by atoms with E-state index in [9.17, 15) is 4.79 Å². The van der Waals surface area contributed by atoms with Gasteiger partial charge in [-0.25, -0.2) is 9.97 Å². The van der Waals surface area contributed by atoms with Crippen LogP contribution in [0.15, 0.2) is 28.9 Å². The second-order valence-corrected chi connectivity index (χ2v) is 7.24. The van der Waals surface area contributed by atoms with Gasteiger partial charge in [0.25, 0.3) is 5.91 Å². The Morgan fingerprint density at radius 2 is 1.96 bits per heavy atom. The summed E-state index contributed by atoms with van der Waals surface area (Å²) in [5.74, 6) is 1.03. The van der Waals surface area contributed by atoms with Gasteiger partial charge in [-0.15, -0.1) is 0 Å². The molecule has 3 aromatic rings. The van der Waals surface area contributed by atoms with E-state index in [1.807, 2.05) is 19.1 Å². The van der Waals surface area contributed by atoms with Crippen LogP contribution < -0.4 is 9.80 Å². The Balaban J connectivity index is 1.82. The predicted octanol–water partition coefficient (Wildman–Crippen LogP) is 3.61. The number of nitrogens with zero attached hydrogens (tertiary/aromatic N) is 4. The summed E-state index contributed by atoms with van der Waals surface area (Å²) in [7, 11) is 1.73. The number of carbonyl (C=O) groups is 1. The van der Waals surface area contributed by atoms with E-state index in [0.29, 0.717) is 59.6 Å². The number of anilines is 2. The van der Waals surface area contributed by atoms with Gasteiger partial charge < -0.3 is 19.0 Å². The molecule has 3 heterocycles. The zero-order chi connectivity index (χ0) is 19.8. The van der Waals surface area contributed by atoms with Gasteiger partial charge in [0.05, 0.1) is 24.2 Å². The van der Waals surface area contributed by atoms with Crippen molar-refractivity contribution >= 4 is 40.1 Å². The number of amides is 1. The molecular formula is C20H21ClN4O3. The third-order valence-electron chi connectivity index (χ3n) is 5.01. The molecule has 1 aliphatic rings. The fraction of sp³-hybridized carbons (Fsp3) is 0.350. The summed E-state index contributed by atoms with van der Waals surface area (Å²) < 4.78 is 11.2. The van der Waals surface area contributed by atoms with Gasteiger partial charge in [0.1, 0.15) is 17.9 Å². The van der Waals surface area contributed by atoms with Gasteiger partial charge in [0.2, 0.25) is 5.71 Å². The lowest BCUT2D eigenvalue weighted by atomic mass is 10.1. The van der Waals surface area contributed by atoms with Gasteiger partial charge in [-0.3, -0.25) is 4.79 Å². The number of benzene rings is 1. The van der Waals surface area contributed by atoms with Crippen LogP contribution in [-0.2, 0) is 4.74 Å². The third-order valence-corrected chi connectivity index (χ3v) is 5.24. The first-order valence-corrected chi connectivity index (χ1v) is 9.46. The smallest absolute Gasteiger partial charge is 0.262 e. The van der Waals surface area contributed by atoms with E-state index in [1.54, 1.807) is 24.9 Å². The molecule has 0 aliphatic carbocycles. The minimum absolute atomic E-state index is 0.189. The second-order valence-electron chi connectivity index (χ2n) is 6.81. The number of rotatable bonds is 3. The number of hydrogen-bond donors (Lipinski definition) is 0. The van der Waals surface area contributed by atoms with Gasteiger partial charge in [-0.1, -0.05) is 17.7 Å². The molecule has 0 radical (unpaired) electrons. The average molecular weight is 401 g/mol. The molecule has 4 rings (SSSR count). The van der Waals surface area contributed by atoms with Crippen molar-refractivity contribution in [2.75, 3.05) is 43.2 Å². The number of morpholine rings is 1. The molecule has 1 amide bonds. The minimum Gasteiger partial charge on any atom is -0.442 e. The first-order chi connectivity index (χ1) is 13.5. The van der Waals surface area contributed by atoms with Crippen LogP contribution in [0.2, 0.25) is 5.02 Å². The molecule has 0 atom stereocenters. The number of ether oxygens (including phenoxy) is 1. The molecule has 28 heavy (non-hydrogen) atoms. The highest BCUT2D eigenvalue weighted by atomic mass is 35.5. The minimum atomic E-state index is -0.189. The number of aromatic nitrogens is 2. The molecule has 8 heteroatoms. The maximum absolute atomic E-state index is 13.5. The number of carbonyl (C=O) groups excluding carboxylic acids is 1.